The van der Waals surface area contributed by atoms with E-state index in [0.29, 0.717) is 11.8 Å². The SMILES string of the molecule is CC(C)NCc1ccc(OC2CS(=O)(=O)CC2O)cc1. The van der Waals surface area contributed by atoms with Gasteiger partial charge in [-0.05, 0) is 17.7 Å². The highest BCUT2D eigenvalue weighted by atomic mass is 32.2. The fourth-order valence-electron chi connectivity index (χ4n) is 2.09. The number of aliphatic hydroxyl groups excluding tert-OH is 1. The van der Waals surface area contributed by atoms with E-state index < -0.39 is 22.0 Å². The third-order valence-corrected chi connectivity index (χ3v) is 4.88. The summed E-state index contributed by atoms with van der Waals surface area (Å²) in [5.74, 6) is 0.248. The van der Waals surface area contributed by atoms with E-state index in [1.54, 1.807) is 12.1 Å². The molecule has 1 heterocycles. The maximum atomic E-state index is 11.4. The summed E-state index contributed by atoms with van der Waals surface area (Å²) in [7, 11) is -3.18. The van der Waals surface area contributed by atoms with Crippen LogP contribution in [0.5, 0.6) is 5.75 Å². The molecule has 2 rings (SSSR count). The molecule has 0 radical (unpaired) electrons. The molecule has 5 nitrogen and oxygen atoms in total. The average molecular weight is 299 g/mol. The van der Waals surface area contributed by atoms with Gasteiger partial charge in [0.25, 0.3) is 0 Å². The zero-order valence-electron chi connectivity index (χ0n) is 11.7. The Balaban J connectivity index is 1.94. The number of aliphatic hydroxyl groups is 1. The smallest absolute Gasteiger partial charge is 0.156 e. The molecule has 0 aromatic heterocycles. The van der Waals surface area contributed by atoms with Crippen LogP contribution in [0, 0.1) is 0 Å². The van der Waals surface area contributed by atoms with E-state index in [9.17, 15) is 13.5 Å². The predicted octanol–water partition coefficient (Wildman–Crippen LogP) is 0.721. The normalized spacial score (nSPS) is 25.0. The molecule has 2 unspecified atom stereocenters. The highest BCUT2D eigenvalue weighted by Gasteiger charge is 2.38. The van der Waals surface area contributed by atoms with Gasteiger partial charge in [-0.2, -0.15) is 0 Å². The van der Waals surface area contributed by atoms with Crippen LogP contribution in [0.4, 0.5) is 0 Å². The quantitative estimate of drug-likeness (QED) is 0.838. The Morgan fingerprint density at radius 2 is 1.95 bits per heavy atom. The van der Waals surface area contributed by atoms with Crippen molar-refractivity contribution in [2.45, 2.75) is 38.6 Å². The second kappa shape index (κ2) is 6.11. The van der Waals surface area contributed by atoms with Crippen LogP contribution in [-0.2, 0) is 16.4 Å². The number of ether oxygens (including phenoxy) is 1. The van der Waals surface area contributed by atoms with Gasteiger partial charge in [0.1, 0.15) is 18.0 Å². The largest absolute Gasteiger partial charge is 0.487 e. The van der Waals surface area contributed by atoms with Gasteiger partial charge in [-0.25, -0.2) is 8.42 Å². The highest BCUT2D eigenvalue weighted by molar-refractivity contribution is 7.91. The van der Waals surface area contributed by atoms with E-state index in [0.717, 1.165) is 12.1 Å². The van der Waals surface area contributed by atoms with E-state index in [4.69, 9.17) is 4.74 Å². The summed E-state index contributed by atoms with van der Waals surface area (Å²) in [5.41, 5.74) is 1.13. The summed E-state index contributed by atoms with van der Waals surface area (Å²) >= 11 is 0. The lowest BCUT2D eigenvalue weighted by atomic mass is 10.2. The van der Waals surface area contributed by atoms with E-state index in [1.807, 2.05) is 12.1 Å². The van der Waals surface area contributed by atoms with Crippen LogP contribution in [0.1, 0.15) is 19.4 Å². The van der Waals surface area contributed by atoms with Gasteiger partial charge in [0.2, 0.25) is 0 Å². The van der Waals surface area contributed by atoms with Gasteiger partial charge in [-0.1, -0.05) is 26.0 Å². The van der Waals surface area contributed by atoms with Crippen molar-refractivity contribution >= 4 is 9.84 Å². The number of nitrogens with one attached hydrogen (secondary N) is 1. The van der Waals surface area contributed by atoms with Gasteiger partial charge in [-0.3, -0.25) is 0 Å². The van der Waals surface area contributed by atoms with Crippen molar-refractivity contribution < 1.29 is 18.3 Å². The molecule has 0 amide bonds. The Morgan fingerprint density at radius 3 is 2.45 bits per heavy atom. The van der Waals surface area contributed by atoms with Gasteiger partial charge in [0.05, 0.1) is 11.5 Å². The first kappa shape index (κ1) is 15.3. The van der Waals surface area contributed by atoms with Crippen molar-refractivity contribution in [3.63, 3.8) is 0 Å². The number of hydrogen-bond donors (Lipinski definition) is 2. The monoisotopic (exact) mass is 299 g/mol. The van der Waals surface area contributed by atoms with Crippen molar-refractivity contribution in [3.8, 4) is 5.75 Å². The zero-order valence-corrected chi connectivity index (χ0v) is 12.6. The van der Waals surface area contributed by atoms with Crippen molar-refractivity contribution in [1.82, 2.24) is 5.32 Å². The minimum atomic E-state index is -3.18. The molecule has 2 N–H and O–H groups in total. The number of sulfone groups is 1. The summed E-state index contributed by atoms with van der Waals surface area (Å²) in [6.07, 6.45) is -1.61. The molecule has 0 aliphatic carbocycles. The Labute approximate surface area is 119 Å². The molecule has 20 heavy (non-hydrogen) atoms. The van der Waals surface area contributed by atoms with E-state index in [1.165, 1.54) is 0 Å². The summed E-state index contributed by atoms with van der Waals surface area (Å²) in [5, 5.41) is 13.0. The van der Waals surface area contributed by atoms with E-state index in [2.05, 4.69) is 19.2 Å². The van der Waals surface area contributed by atoms with Gasteiger partial charge >= 0.3 is 0 Å². The Hall–Kier alpha value is -1.11. The molecular formula is C14H21NO4S. The molecule has 0 bridgehead atoms. The third-order valence-electron chi connectivity index (χ3n) is 3.20. The fourth-order valence-corrected chi connectivity index (χ4v) is 3.75. The lowest BCUT2D eigenvalue weighted by molar-refractivity contribution is 0.0738. The fraction of sp³-hybridized carbons (Fsp3) is 0.571. The van der Waals surface area contributed by atoms with Crippen LogP contribution in [0.2, 0.25) is 0 Å². The lowest BCUT2D eigenvalue weighted by Gasteiger charge is -2.16. The third kappa shape index (κ3) is 4.19. The molecule has 0 saturated carbocycles. The lowest BCUT2D eigenvalue weighted by Crippen LogP contribution is -2.29. The first-order valence-corrected chi connectivity index (χ1v) is 8.55. The average Bonchev–Trinajstić information content (AvgIpc) is 2.61. The standard InChI is InChI=1S/C14H21NO4S/c1-10(2)15-7-11-3-5-12(6-4-11)19-14-9-20(17,18)8-13(14)16/h3-6,10,13-16H,7-9H2,1-2H3. The highest BCUT2D eigenvalue weighted by Crippen LogP contribution is 2.20. The van der Waals surface area contributed by atoms with Gasteiger partial charge < -0.3 is 15.2 Å². The molecule has 6 heteroatoms. The van der Waals surface area contributed by atoms with Crippen LogP contribution < -0.4 is 10.1 Å². The van der Waals surface area contributed by atoms with Crippen molar-refractivity contribution in [3.05, 3.63) is 29.8 Å². The number of hydrogen-bond acceptors (Lipinski definition) is 5. The first-order chi connectivity index (χ1) is 9.35. The molecule has 1 aromatic carbocycles. The topological polar surface area (TPSA) is 75.6 Å². The van der Waals surface area contributed by atoms with Crippen LogP contribution in [-0.4, -0.2) is 43.3 Å². The molecule has 1 aliphatic rings. The second-order valence-electron chi connectivity index (χ2n) is 5.48. The zero-order chi connectivity index (χ0) is 14.8. The minimum Gasteiger partial charge on any atom is -0.487 e. The Kier molecular flexibility index (Phi) is 4.67. The van der Waals surface area contributed by atoms with Gasteiger partial charge in [-0.15, -0.1) is 0 Å². The summed E-state index contributed by atoms with van der Waals surface area (Å²) in [6, 6.07) is 7.88. The first-order valence-electron chi connectivity index (χ1n) is 6.73. The van der Waals surface area contributed by atoms with E-state index >= 15 is 0 Å². The van der Waals surface area contributed by atoms with Crippen LogP contribution in [0.15, 0.2) is 24.3 Å². The van der Waals surface area contributed by atoms with Crippen molar-refractivity contribution in [2.24, 2.45) is 0 Å². The second-order valence-corrected chi connectivity index (χ2v) is 7.63. The van der Waals surface area contributed by atoms with Crippen molar-refractivity contribution in [1.29, 1.82) is 0 Å². The summed E-state index contributed by atoms with van der Waals surface area (Å²) in [6.45, 7) is 4.94. The van der Waals surface area contributed by atoms with Gasteiger partial charge in [0.15, 0.2) is 9.84 Å². The maximum Gasteiger partial charge on any atom is 0.156 e. The molecule has 1 aromatic rings. The predicted molar refractivity (Wildman–Crippen MR) is 77.5 cm³/mol. The van der Waals surface area contributed by atoms with Crippen LogP contribution in [0.3, 0.4) is 0 Å². The molecule has 112 valence electrons. The molecule has 1 aliphatic heterocycles. The molecule has 2 atom stereocenters. The van der Waals surface area contributed by atoms with E-state index in [-0.39, 0.29) is 11.5 Å². The Morgan fingerprint density at radius 1 is 1.30 bits per heavy atom. The van der Waals surface area contributed by atoms with Crippen molar-refractivity contribution in [2.75, 3.05) is 11.5 Å². The minimum absolute atomic E-state index is 0.120. The van der Waals surface area contributed by atoms with Gasteiger partial charge in [0, 0.05) is 12.6 Å². The summed E-state index contributed by atoms with van der Waals surface area (Å²) < 4.78 is 28.3. The molecular weight excluding hydrogens is 278 g/mol. The number of rotatable bonds is 5. The molecule has 0 spiro atoms. The van der Waals surface area contributed by atoms with Crippen LogP contribution in [0.25, 0.3) is 0 Å². The number of benzene rings is 1. The Bertz CT molecular complexity index is 539. The molecule has 1 fully saturated rings. The van der Waals surface area contributed by atoms with Crippen LogP contribution >= 0.6 is 0 Å². The summed E-state index contributed by atoms with van der Waals surface area (Å²) in [4.78, 5) is 0. The maximum absolute atomic E-state index is 11.4. The molecule has 1 saturated heterocycles.